The number of rotatable bonds is 6. The Bertz CT molecular complexity index is 258. The summed E-state index contributed by atoms with van der Waals surface area (Å²) in [6.07, 6.45) is 0.852. The Labute approximate surface area is 92.5 Å². The molecule has 1 N–H and O–H groups in total. The first-order chi connectivity index (χ1) is 7.24. The van der Waals surface area contributed by atoms with E-state index in [0.29, 0.717) is 6.04 Å². The molecule has 0 fully saturated rings. The van der Waals surface area contributed by atoms with Crippen LogP contribution in [-0.4, -0.2) is 29.2 Å². The van der Waals surface area contributed by atoms with Crippen molar-refractivity contribution >= 4 is 0 Å². The maximum Gasteiger partial charge on any atom is 0.0443 e. The highest BCUT2D eigenvalue weighted by Gasteiger charge is 2.08. The van der Waals surface area contributed by atoms with E-state index in [1.54, 1.807) is 0 Å². The van der Waals surface area contributed by atoms with Crippen molar-refractivity contribution in [2.24, 2.45) is 0 Å². The third-order valence-corrected chi connectivity index (χ3v) is 2.56. The first-order valence-electron chi connectivity index (χ1n) is 5.63. The van der Waals surface area contributed by atoms with Crippen LogP contribution in [0.25, 0.3) is 0 Å². The fraction of sp³-hybridized carbons (Fsp3) is 0.538. The lowest BCUT2D eigenvalue weighted by atomic mass is 10.2. The van der Waals surface area contributed by atoms with Crippen molar-refractivity contribution in [3.05, 3.63) is 35.9 Å². The van der Waals surface area contributed by atoms with E-state index in [-0.39, 0.29) is 6.61 Å². The van der Waals surface area contributed by atoms with Gasteiger partial charge in [0.05, 0.1) is 0 Å². The minimum atomic E-state index is 0.276. The van der Waals surface area contributed by atoms with Gasteiger partial charge in [-0.1, -0.05) is 30.3 Å². The second-order valence-electron chi connectivity index (χ2n) is 4.13. The molecule has 84 valence electrons. The van der Waals surface area contributed by atoms with Gasteiger partial charge in [-0.2, -0.15) is 0 Å². The summed E-state index contributed by atoms with van der Waals surface area (Å²) >= 11 is 0. The summed E-state index contributed by atoms with van der Waals surface area (Å²) < 4.78 is 0. The van der Waals surface area contributed by atoms with E-state index in [9.17, 15) is 0 Å². The summed E-state index contributed by atoms with van der Waals surface area (Å²) in [5.41, 5.74) is 1.34. The highest BCUT2D eigenvalue weighted by atomic mass is 16.3. The number of nitrogens with zero attached hydrogens (tertiary/aromatic N) is 1. The van der Waals surface area contributed by atoms with Gasteiger partial charge in [0, 0.05) is 25.7 Å². The molecule has 0 atom stereocenters. The summed E-state index contributed by atoms with van der Waals surface area (Å²) in [5, 5.41) is 8.84. The van der Waals surface area contributed by atoms with Crippen LogP contribution >= 0.6 is 0 Å². The number of hydrogen-bond donors (Lipinski definition) is 1. The monoisotopic (exact) mass is 207 g/mol. The van der Waals surface area contributed by atoms with Crippen LogP contribution < -0.4 is 0 Å². The maximum absolute atomic E-state index is 8.84. The van der Waals surface area contributed by atoms with Crippen LogP contribution in [0.1, 0.15) is 25.8 Å². The second-order valence-corrected chi connectivity index (χ2v) is 4.13. The number of aliphatic hydroxyl groups excluding tert-OH is 1. The molecule has 1 rings (SSSR count). The van der Waals surface area contributed by atoms with Gasteiger partial charge in [-0.05, 0) is 25.8 Å². The summed E-state index contributed by atoms with van der Waals surface area (Å²) in [6.45, 7) is 6.60. The predicted octanol–water partition coefficient (Wildman–Crippen LogP) is 2.28. The molecule has 0 saturated heterocycles. The van der Waals surface area contributed by atoms with Crippen molar-refractivity contribution in [1.82, 2.24) is 4.90 Å². The van der Waals surface area contributed by atoms with Gasteiger partial charge >= 0.3 is 0 Å². The van der Waals surface area contributed by atoms with Crippen LogP contribution in [0.5, 0.6) is 0 Å². The fourth-order valence-electron chi connectivity index (χ4n) is 1.61. The number of aliphatic hydroxyl groups is 1. The topological polar surface area (TPSA) is 23.5 Å². The third kappa shape index (κ3) is 4.45. The Balaban J connectivity index is 2.51. The van der Waals surface area contributed by atoms with Gasteiger partial charge in [0.25, 0.3) is 0 Å². The van der Waals surface area contributed by atoms with E-state index in [2.05, 4.69) is 43.0 Å². The number of hydrogen-bond acceptors (Lipinski definition) is 2. The summed E-state index contributed by atoms with van der Waals surface area (Å²) in [5.74, 6) is 0. The summed E-state index contributed by atoms with van der Waals surface area (Å²) in [7, 11) is 0. The Kier molecular flexibility index (Phi) is 5.37. The van der Waals surface area contributed by atoms with Crippen molar-refractivity contribution in [3.8, 4) is 0 Å². The van der Waals surface area contributed by atoms with E-state index in [0.717, 1.165) is 19.5 Å². The molecule has 0 aromatic heterocycles. The first kappa shape index (κ1) is 12.2. The summed E-state index contributed by atoms with van der Waals surface area (Å²) in [6, 6.07) is 11.0. The van der Waals surface area contributed by atoms with Crippen molar-refractivity contribution < 1.29 is 5.11 Å². The Morgan fingerprint density at radius 1 is 1.20 bits per heavy atom. The molecule has 0 amide bonds. The molecule has 0 heterocycles. The Morgan fingerprint density at radius 2 is 1.87 bits per heavy atom. The lowest BCUT2D eigenvalue weighted by Crippen LogP contribution is -2.31. The zero-order chi connectivity index (χ0) is 11.1. The van der Waals surface area contributed by atoms with E-state index in [1.807, 2.05) is 6.07 Å². The molecular formula is C13H21NO. The van der Waals surface area contributed by atoms with Gasteiger partial charge in [-0.15, -0.1) is 0 Å². The zero-order valence-corrected chi connectivity index (χ0v) is 9.69. The van der Waals surface area contributed by atoms with E-state index < -0.39 is 0 Å². The Hall–Kier alpha value is -0.860. The quantitative estimate of drug-likeness (QED) is 0.773. The van der Waals surface area contributed by atoms with Gasteiger partial charge < -0.3 is 5.11 Å². The number of benzene rings is 1. The smallest absolute Gasteiger partial charge is 0.0443 e. The normalized spacial score (nSPS) is 11.3. The zero-order valence-electron chi connectivity index (χ0n) is 9.69. The first-order valence-corrected chi connectivity index (χ1v) is 5.63. The molecule has 0 bridgehead atoms. The lowest BCUT2D eigenvalue weighted by molar-refractivity contribution is 0.185. The third-order valence-electron chi connectivity index (χ3n) is 2.56. The van der Waals surface area contributed by atoms with Gasteiger partial charge in [0.1, 0.15) is 0 Å². The second kappa shape index (κ2) is 6.59. The van der Waals surface area contributed by atoms with Gasteiger partial charge in [0.2, 0.25) is 0 Å². The molecule has 1 aromatic carbocycles. The van der Waals surface area contributed by atoms with Crippen LogP contribution in [-0.2, 0) is 6.54 Å². The molecule has 1 aromatic rings. The van der Waals surface area contributed by atoms with Gasteiger partial charge in [-0.3, -0.25) is 4.90 Å². The molecular weight excluding hydrogens is 186 g/mol. The van der Waals surface area contributed by atoms with Gasteiger partial charge in [0.15, 0.2) is 0 Å². The van der Waals surface area contributed by atoms with E-state index >= 15 is 0 Å². The molecule has 0 radical (unpaired) electrons. The molecule has 2 heteroatoms. The molecule has 0 aliphatic rings. The van der Waals surface area contributed by atoms with E-state index in [4.69, 9.17) is 5.11 Å². The van der Waals surface area contributed by atoms with Crippen LogP contribution in [0.3, 0.4) is 0 Å². The molecule has 2 nitrogen and oxygen atoms in total. The molecule has 0 saturated carbocycles. The highest BCUT2D eigenvalue weighted by Crippen LogP contribution is 2.08. The van der Waals surface area contributed by atoms with Crippen molar-refractivity contribution in [2.75, 3.05) is 13.2 Å². The SMILES string of the molecule is CC(C)N(CCCO)Cc1ccccc1. The van der Waals surface area contributed by atoms with Crippen LogP contribution in [0.4, 0.5) is 0 Å². The predicted molar refractivity (Wildman–Crippen MR) is 63.7 cm³/mol. The van der Waals surface area contributed by atoms with Crippen molar-refractivity contribution in [2.45, 2.75) is 32.9 Å². The Morgan fingerprint density at radius 3 is 2.40 bits per heavy atom. The minimum Gasteiger partial charge on any atom is -0.396 e. The standard InChI is InChI=1S/C13H21NO/c1-12(2)14(9-6-10-15)11-13-7-4-3-5-8-13/h3-5,7-8,12,15H,6,9-11H2,1-2H3. The average Bonchev–Trinajstić information content (AvgIpc) is 2.25. The van der Waals surface area contributed by atoms with Gasteiger partial charge in [-0.25, -0.2) is 0 Å². The average molecular weight is 207 g/mol. The molecule has 0 aliphatic heterocycles. The molecule has 0 unspecified atom stereocenters. The van der Waals surface area contributed by atoms with E-state index in [1.165, 1.54) is 5.56 Å². The molecule has 0 aliphatic carbocycles. The lowest BCUT2D eigenvalue weighted by Gasteiger charge is -2.26. The van der Waals surface area contributed by atoms with Crippen molar-refractivity contribution in [1.29, 1.82) is 0 Å². The minimum absolute atomic E-state index is 0.276. The van der Waals surface area contributed by atoms with Crippen LogP contribution in [0.2, 0.25) is 0 Å². The molecule has 15 heavy (non-hydrogen) atoms. The summed E-state index contributed by atoms with van der Waals surface area (Å²) in [4.78, 5) is 2.38. The highest BCUT2D eigenvalue weighted by molar-refractivity contribution is 5.14. The molecule has 0 spiro atoms. The maximum atomic E-state index is 8.84. The van der Waals surface area contributed by atoms with Crippen LogP contribution in [0, 0.1) is 0 Å². The largest absolute Gasteiger partial charge is 0.396 e. The van der Waals surface area contributed by atoms with Crippen LogP contribution in [0.15, 0.2) is 30.3 Å². The van der Waals surface area contributed by atoms with Crippen molar-refractivity contribution in [3.63, 3.8) is 0 Å². The fourth-order valence-corrected chi connectivity index (χ4v) is 1.61.